The second-order valence-corrected chi connectivity index (χ2v) is 9.70. The van der Waals surface area contributed by atoms with Gasteiger partial charge < -0.3 is 20.9 Å². The summed E-state index contributed by atoms with van der Waals surface area (Å²) in [4.78, 5) is 4.48. The number of aromatic hydroxyl groups is 1. The molecule has 3 heterocycles. The van der Waals surface area contributed by atoms with E-state index < -0.39 is 0 Å². The Morgan fingerprint density at radius 3 is 2.91 bits per heavy atom. The molecule has 0 aliphatic carbocycles. The number of piperidine rings is 1. The van der Waals surface area contributed by atoms with E-state index in [-0.39, 0.29) is 29.9 Å². The lowest BCUT2D eigenvalue weighted by Crippen LogP contribution is -2.29. The summed E-state index contributed by atoms with van der Waals surface area (Å²) in [6.07, 6.45) is 1.99. The predicted molar refractivity (Wildman–Crippen MR) is 144 cm³/mol. The number of phenolic OH excluding ortho intramolecular Hbond substituents is 1. The summed E-state index contributed by atoms with van der Waals surface area (Å²) in [5.41, 5.74) is 9.43. The highest BCUT2D eigenvalue weighted by Gasteiger charge is 2.24. The maximum atomic E-state index is 10.8. The number of thiophene rings is 1. The Hall–Kier alpha value is -3.02. The third-order valence-electron chi connectivity index (χ3n) is 6.19. The number of hydrogen-bond donors (Lipinski definition) is 3. The third kappa shape index (κ3) is 5.02. The molecule has 1 aliphatic heterocycles. The van der Waals surface area contributed by atoms with Gasteiger partial charge in [-0.1, -0.05) is 17.7 Å². The van der Waals surface area contributed by atoms with E-state index in [9.17, 15) is 10.4 Å². The number of nitrogens with two attached hydrogens (primary N) is 1. The van der Waals surface area contributed by atoms with E-state index in [0.717, 1.165) is 47.1 Å². The van der Waals surface area contributed by atoms with Crippen LogP contribution >= 0.6 is 35.3 Å². The lowest BCUT2D eigenvalue weighted by molar-refractivity contribution is 0.307. The number of fused-ring (bicyclic) bond motifs is 1. The first-order valence-corrected chi connectivity index (χ1v) is 12.3. The molecule has 4 N–H and O–H groups in total. The molecule has 2 aromatic heterocycles. The van der Waals surface area contributed by atoms with E-state index in [4.69, 9.17) is 22.1 Å². The van der Waals surface area contributed by atoms with Gasteiger partial charge in [0, 0.05) is 27.2 Å². The van der Waals surface area contributed by atoms with E-state index >= 15 is 0 Å². The Balaban J connectivity index is 0.00000289. The number of aromatic nitrogens is 1. The number of nitrogen functional groups attached to an aromatic ring is 1. The van der Waals surface area contributed by atoms with Gasteiger partial charge in [0.15, 0.2) is 0 Å². The molecule has 1 fully saturated rings. The third-order valence-corrected chi connectivity index (χ3v) is 7.43. The van der Waals surface area contributed by atoms with Crippen molar-refractivity contribution < 1.29 is 9.84 Å². The first-order chi connectivity index (χ1) is 16.5. The van der Waals surface area contributed by atoms with Crippen LogP contribution in [0.5, 0.6) is 11.5 Å². The number of halogens is 2. The largest absolute Gasteiger partial charge is 0.507 e. The van der Waals surface area contributed by atoms with Crippen molar-refractivity contribution in [2.24, 2.45) is 0 Å². The molecule has 6 nitrogen and oxygen atoms in total. The van der Waals surface area contributed by atoms with E-state index in [1.807, 2.05) is 24.3 Å². The van der Waals surface area contributed by atoms with E-state index in [1.165, 1.54) is 0 Å². The summed E-state index contributed by atoms with van der Waals surface area (Å²) in [6.45, 7) is 2.04. The smallest absolute Gasteiger partial charge is 0.142 e. The van der Waals surface area contributed by atoms with Gasteiger partial charge in [0.1, 0.15) is 30.0 Å². The molecule has 1 atom stereocenters. The summed E-state index contributed by atoms with van der Waals surface area (Å²) in [5.74, 6) is 0.851. The molecular weight excluding hydrogens is 503 g/mol. The van der Waals surface area contributed by atoms with Crippen LogP contribution in [-0.2, 0) is 6.61 Å². The molecule has 5 rings (SSSR count). The second-order valence-electron chi connectivity index (χ2n) is 8.35. The number of rotatable bonds is 5. The molecule has 1 saturated heterocycles. The van der Waals surface area contributed by atoms with Crippen LogP contribution in [0.4, 0.5) is 5.82 Å². The standard InChI is InChI=1S/C26H23ClN4O2S.ClH/c27-17-6-7-24-19(9-17)16(14-34-24)13-33-23-5-1-4-22(32)25(23)21-10-18(15-3-2-8-30-12-15)20(11-28)26(29)31-21;/h1,4-7,9-10,14-15,30,32H,2-3,8,12-13H2,(H2,29,31);1H. The number of nitriles is 1. The molecule has 0 bridgehead atoms. The summed E-state index contributed by atoms with van der Waals surface area (Å²) >= 11 is 7.82. The monoisotopic (exact) mass is 526 g/mol. The minimum Gasteiger partial charge on any atom is -0.507 e. The van der Waals surface area contributed by atoms with Crippen LogP contribution in [0.25, 0.3) is 21.3 Å². The Morgan fingerprint density at radius 2 is 2.14 bits per heavy atom. The van der Waals surface area contributed by atoms with Crippen LogP contribution in [0.15, 0.2) is 47.8 Å². The molecule has 0 saturated carbocycles. The van der Waals surface area contributed by atoms with Gasteiger partial charge in [-0.15, -0.1) is 23.7 Å². The van der Waals surface area contributed by atoms with Gasteiger partial charge in [0.2, 0.25) is 0 Å². The Bertz CT molecular complexity index is 1410. The van der Waals surface area contributed by atoms with Gasteiger partial charge in [-0.05, 0) is 72.6 Å². The van der Waals surface area contributed by atoms with Crippen LogP contribution in [0.3, 0.4) is 0 Å². The molecule has 0 amide bonds. The van der Waals surface area contributed by atoms with Crippen molar-refractivity contribution in [2.75, 3.05) is 18.8 Å². The van der Waals surface area contributed by atoms with E-state index in [2.05, 4.69) is 21.8 Å². The van der Waals surface area contributed by atoms with Crippen LogP contribution in [0.2, 0.25) is 5.02 Å². The van der Waals surface area contributed by atoms with Gasteiger partial charge in [0.25, 0.3) is 0 Å². The van der Waals surface area contributed by atoms with Gasteiger partial charge >= 0.3 is 0 Å². The zero-order valence-corrected chi connectivity index (χ0v) is 21.1. The molecule has 9 heteroatoms. The van der Waals surface area contributed by atoms with Crippen molar-refractivity contribution >= 4 is 51.2 Å². The van der Waals surface area contributed by atoms with Crippen LogP contribution in [0, 0.1) is 11.3 Å². The van der Waals surface area contributed by atoms with Crippen molar-refractivity contribution in [1.82, 2.24) is 10.3 Å². The lowest BCUT2D eigenvalue weighted by atomic mass is 9.88. The van der Waals surface area contributed by atoms with Crippen molar-refractivity contribution in [2.45, 2.75) is 25.4 Å². The van der Waals surface area contributed by atoms with E-state index in [1.54, 1.807) is 29.5 Å². The molecular formula is C26H24Cl2N4O2S. The fourth-order valence-electron chi connectivity index (χ4n) is 4.49. The molecule has 4 aromatic rings. The van der Waals surface area contributed by atoms with Gasteiger partial charge in [-0.2, -0.15) is 5.26 Å². The number of hydrogen-bond acceptors (Lipinski definition) is 7. The molecule has 0 radical (unpaired) electrons. The topological polar surface area (TPSA) is 104 Å². The number of nitrogens with zero attached hydrogens (tertiary/aromatic N) is 2. The first kappa shape index (κ1) is 25.1. The van der Waals surface area contributed by atoms with E-state index in [0.29, 0.717) is 34.2 Å². The molecule has 35 heavy (non-hydrogen) atoms. The highest BCUT2D eigenvalue weighted by atomic mass is 35.5. The Kier molecular flexibility index (Phi) is 7.68. The van der Waals surface area contributed by atoms with Gasteiger partial charge in [0.05, 0.1) is 16.8 Å². The van der Waals surface area contributed by atoms with Crippen molar-refractivity contribution in [3.8, 4) is 28.8 Å². The summed E-state index contributed by atoms with van der Waals surface area (Å²) in [7, 11) is 0. The van der Waals surface area contributed by atoms with Gasteiger partial charge in [-0.3, -0.25) is 0 Å². The molecule has 180 valence electrons. The minimum atomic E-state index is 0. The quantitative estimate of drug-likeness (QED) is 0.284. The van der Waals surface area contributed by atoms with Gasteiger partial charge in [-0.25, -0.2) is 4.98 Å². The summed E-state index contributed by atoms with van der Waals surface area (Å²) in [6, 6.07) is 15.0. The number of anilines is 1. The van der Waals surface area contributed by atoms with Crippen LogP contribution in [0.1, 0.15) is 35.4 Å². The Morgan fingerprint density at radius 1 is 1.29 bits per heavy atom. The SMILES string of the molecule is Cl.N#Cc1c(C2CCCNC2)cc(-c2c(O)cccc2OCc2csc3ccc(Cl)cc23)nc1N. The number of pyridine rings is 1. The first-order valence-electron chi connectivity index (χ1n) is 11.1. The molecule has 1 aliphatic rings. The average molecular weight is 527 g/mol. The highest BCUT2D eigenvalue weighted by Crippen LogP contribution is 2.40. The zero-order valence-electron chi connectivity index (χ0n) is 18.8. The summed E-state index contributed by atoms with van der Waals surface area (Å²) in [5, 5.41) is 27.7. The maximum Gasteiger partial charge on any atom is 0.142 e. The fraction of sp³-hybridized carbons (Fsp3) is 0.231. The van der Waals surface area contributed by atoms with Crippen molar-refractivity contribution in [3.63, 3.8) is 0 Å². The average Bonchev–Trinajstić information content (AvgIpc) is 3.24. The number of nitrogens with one attached hydrogen (secondary N) is 1. The zero-order chi connectivity index (χ0) is 23.7. The van der Waals surface area contributed by atoms with Crippen molar-refractivity contribution in [3.05, 3.63) is 69.6 Å². The lowest BCUT2D eigenvalue weighted by Gasteiger charge is -2.25. The molecule has 1 unspecified atom stereocenters. The maximum absolute atomic E-state index is 10.8. The summed E-state index contributed by atoms with van der Waals surface area (Å²) < 4.78 is 7.32. The number of benzene rings is 2. The second kappa shape index (κ2) is 10.7. The number of phenols is 1. The Labute approximate surface area is 218 Å². The molecule has 2 aromatic carbocycles. The van der Waals surface area contributed by atoms with Crippen LogP contribution < -0.4 is 15.8 Å². The molecule has 0 spiro atoms. The predicted octanol–water partition coefficient (Wildman–Crippen LogP) is 6.24. The normalized spacial score (nSPS) is 15.4. The van der Waals surface area contributed by atoms with Crippen LogP contribution in [-0.4, -0.2) is 23.2 Å². The minimum absolute atomic E-state index is 0. The highest BCUT2D eigenvalue weighted by molar-refractivity contribution is 7.17. The fourth-order valence-corrected chi connectivity index (χ4v) is 5.59. The number of ether oxygens (including phenoxy) is 1. The van der Waals surface area contributed by atoms with Crippen molar-refractivity contribution in [1.29, 1.82) is 5.26 Å².